The predicted molar refractivity (Wildman–Crippen MR) is 82.6 cm³/mol. The fourth-order valence-corrected chi connectivity index (χ4v) is 2.58. The van der Waals surface area contributed by atoms with Crippen molar-refractivity contribution in [2.24, 2.45) is 0 Å². The lowest BCUT2D eigenvalue weighted by Crippen LogP contribution is -2.28. The maximum Gasteiger partial charge on any atom is 0.534 e. The van der Waals surface area contributed by atoms with E-state index in [-0.39, 0.29) is 17.1 Å². The number of furan rings is 1. The second kappa shape index (κ2) is 6.15. The normalized spacial score (nSPS) is 12.2. The SMILES string of the molecule is Cc1cc(OS(=O)(=O)C(F)(F)F)c(-c2ccc(C=O)o2)cc1I. The van der Waals surface area contributed by atoms with Crippen LogP contribution in [0.3, 0.4) is 0 Å². The molecular weight excluding hydrogens is 452 g/mol. The number of halogens is 4. The summed E-state index contributed by atoms with van der Waals surface area (Å²) in [6.07, 6.45) is 0.412. The molecule has 0 N–H and O–H groups in total. The van der Waals surface area contributed by atoms with Gasteiger partial charge in [-0.3, -0.25) is 4.79 Å². The van der Waals surface area contributed by atoms with Crippen molar-refractivity contribution in [1.82, 2.24) is 0 Å². The number of carbonyl (C=O) groups is 1. The van der Waals surface area contributed by atoms with Gasteiger partial charge in [0.1, 0.15) is 5.76 Å². The molecule has 0 saturated heterocycles. The topological polar surface area (TPSA) is 73.6 Å². The van der Waals surface area contributed by atoms with Gasteiger partial charge in [-0.15, -0.1) is 0 Å². The summed E-state index contributed by atoms with van der Waals surface area (Å²) < 4.78 is 70.0. The van der Waals surface area contributed by atoms with E-state index in [0.717, 1.165) is 6.07 Å². The third kappa shape index (κ3) is 3.68. The quantitative estimate of drug-likeness (QED) is 0.300. The van der Waals surface area contributed by atoms with Gasteiger partial charge < -0.3 is 8.60 Å². The van der Waals surface area contributed by atoms with Gasteiger partial charge in [0.15, 0.2) is 17.8 Å². The number of hydrogen-bond acceptors (Lipinski definition) is 5. The zero-order valence-corrected chi connectivity index (χ0v) is 14.3. The summed E-state index contributed by atoms with van der Waals surface area (Å²) in [5.41, 5.74) is -5.05. The molecule has 2 rings (SSSR count). The van der Waals surface area contributed by atoms with E-state index in [2.05, 4.69) is 4.18 Å². The Morgan fingerprint density at radius 3 is 2.43 bits per heavy atom. The predicted octanol–water partition coefficient (Wildman–Crippen LogP) is 3.90. The van der Waals surface area contributed by atoms with Crippen LogP contribution in [-0.2, 0) is 10.1 Å². The lowest BCUT2D eigenvalue weighted by Gasteiger charge is -2.13. The minimum Gasteiger partial charge on any atom is -0.453 e. The molecule has 124 valence electrons. The molecule has 0 amide bonds. The van der Waals surface area contributed by atoms with Crippen molar-refractivity contribution in [1.29, 1.82) is 0 Å². The van der Waals surface area contributed by atoms with Crippen LogP contribution < -0.4 is 4.18 Å². The highest BCUT2D eigenvalue weighted by Gasteiger charge is 2.49. The summed E-state index contributed by atoms with van der Waals surface area (Å²) in [4.78, 5) is 10.6. The van der Waals surface area contributed by atoms with E-state index in [1.807, 2.05) is 22.6 Å². The van der Waals surface area contributed by atoms with Gasteiger partial charge >= 0.3 is 15.6 Å². The summed E-state index contributed by atoms with van der Waals surface area (Å²) in [7, 11) is -5.82. The summed E-state index contributed by atoms with van der Waals surface area (Å²) >= 11 is 1.92. The molecule has 0 unspecified atom stereocenters. The zero-order valence-electron chi connectivity index (χ0n) is 11.3. The summed E-state index contributed by atoms with van der Waals surface area (Å²) in [5, 5.41) is 0. The van der Waals surface area contributed by atoms with E-state index >= 15 is 0 Å². The molecular formula is C13H8F3IO5S. The van der Waals surface area contributed by atoms with Crippen molar-refractivity contribution in [2.45, 2.75) is 12.4 Å². The van der Waals surface area contributed by atoms with Crippen molar-refractivity contribution in [3.8, 4) is 17.1 Å². The maximum absolute atomic E-state index is 12.5. The largest absolute Gasteiger partial charge is 0.534 e. The Morgan fingerprint density at radius 2 is 1.91 bits per heavy atom. The van der Waals surface area contributed by atoms with E-state index in [1.54, 1.807) is 6.92 Å². The minimum absolute atomic E-state index is 0.0115. The smallest absolute Gasteiger partial charge is 0.453 e. The molecule has 0 spiro atoms. The molecule has 0 radical (unpaired) electrons. The molecule has 2 aromatic rings. The number of alkyl halides is 3. The van der Waals surface area contributed by atoms with Crippen molar-refractivity contribution in [2.75, 3.05) is 0 Å². The van der Waals surface area contributed by atoms with E-state index in [4.69, 9.17) is 4.42 Å². The van der Waals surface area contributed by atoms with Crippen LogP contribution in [0, 0.1) is 10.5 Å². The second-order valence-corrected chi connectivity index (χ2v) is 7.10. The molecule has 23 heavy (non-hydrogen) atoms. The Kier molecular flexibility index (Phi) is 4.76. The molecule has 1 heterocycles. The average Bonchev–Trinajstić information content (AvgIpc) is 2.89. The van der Waals surface area contributed by atoms with Crippen LogP contribution in [0.2, 0.25) is 0 Å². The summed E-state index contributed by atoms with van der Waals surface area (Å²) in [6.45, 7) is 1.58. The average molecular weight is 460 g/mol. The van der Waals surface area contributed by atoms with Gasteiger partial charge in [-0.2, -0.15) is 21.6 Å². The van der Waals surface area contributed by atoms with Gasteiger partial charge in [0.2, 0.25) is 0 Å². The molecule has 0 fully saturated rings. The Balaban J connectivity index is 2.59. The van der Waals surface area contributed by atoms with E-state index < -0.39 is 21.4 Å². The van der Waals surface area contributed by atoms with Gasteiger partial charge in [-0.25, -0.2) is 0 Å². The molecule has 0 saturated carbocycles. The molecule has 0 atom stereocenters. The molecule has 0 bridgehead atoms. The summed E-state index contributed by atoms with van der Waals surface area (Å²) in [6, 6.07) is 5.20. The number of benzene rings is 1. The second-order valence-electron chi connectivity index (χ2n) is 4.40. The van der Waals surface area contributed by atoms with Crippen LogP contribution in [0.5, 0.6) is 5.75 Å². The van der Waals surface area contributed by atoms with Crippen LogP contribution in [0.4, 0.5) is 13.2 Å². The molecule has 0 aliphatic rings. The number of carbonyl (C=O) groups excluding carboxylic acids is 1. The first-order valence-corrected chi connectivity index (χ1v) is 8.40. The highest BCUT2D eigenvalue weighted by atomic mass is 127. The number of aldehydes is 1. The first kappa shape index (κ1) is 17.8. The Bertz CT molecular complexity index is 855. The number of rotatable bonds is 4. The van der Waals surface area contributed by atoms with Gasteiger partial charge in [0, 0.05) is 3.57 Å². The maximum atomic E-state index is 12.5. The monoisotopic (exact) mass is 460 g/mol. The van der Waals surface area contributed by atoms with Crippen LogP contribution in [0.1, 0.15) is 16.1 Å². The van der Waals surface area contributed by atoms with Gasteiger partial charge in [-0.1, -0.05) is 0 Å². The Labute approximate surface area is 142 Å². The highest BCUT2D eigenvalue weighted by molar-refractivity contribution is 14.1. The van der Waals surface area contributed by atoms with Crippen LogP contribution >= 0.6 is 22.6 Å². The van der Waals surface area contributed by atoms with Crippen molar-refractivity contribution < 1.29 is 35.0 Å². The number of hydrogen-bond donors (Lipinski definition) is 0. The lowest BCUT2D eigenvalue weighted by atomic mass is 10.1. The van der Waals surface area contributed by atoms with Crippen molar-refractivity contribution in [3.63, 3.8) is 0 Å². The van der Waals surface area contributed by atoms with Crippen LogP contribution in [0.25, 0.3) is 11.3 Å². The first-order chi connectivity index (χ1) is 10.5. The molecule has 5 nitrogen and oxygen atoms in total. The standard InChI is InChI=1S/C13H8F3IO5S/c1-7-4-12(22-23(19,20)13(14,15)16)9(5-10(7)17)11-3-2-8(6-18)21-11/h2-6H,1H3. The lowest BCUT2D eigenvalue weighted by molar-refractivity contribution is -0.0499. The summed E-state index contributed by atoms with van der Waals surface area (Å²) in [5.74, 6) is -0.579. The highest BCUT2D eigenvalue weighted by Crippen LogP contribution is 2.37. The third-order valence-corrected chi connectivity index (χ3v) is 4.88. The van der Waals surface area contributed by atoms with Gasteiger partial charge in [-0.05, 0) is 59.3 Å². The molecule has 1 aromatic heterocycles. The third-order valence-electron chi connectivity index (χ3n) is 2.75. The first-order valence-electron chi connectivity index (χ1n) is 5.91. The van der Waals surface area contributed by atoms with E-state index in [0.29, 0.717) is 15.4 Å². The zero-order chi connectivity index (χ0) is 17.4. The van der Waals surface area contributed by atoms with Crippen LogP contribution in [0.15, 0.2) is 28.7 Å². The van der Waals surface area contributed by atoms with Crippen molar-refractivity contribution >= 4 is 39.0 Å². The van der Waals surface area contributed by atoms with Crippen LogP contribution in [-0.4, -0.2) is 20.2 Å². The number of aryl methyl sites for hydroxylation is 1. The minimum atomic E-state index is -5.82. The van der Waals surface area contributed by atoms with E-state index in [9.17, 15) is 26.4 Å². The van der Waals surface area contributed by atoms with Gasteiger partial charge in [0.05, 0.1) is 5.56 Å². The molecule has 10 heteroatoms. The van der Waals surface area contributed by atoms with Crippen molar-refractivity contribution in [3.05, 3.63) is 39.2 Å². The Hall–Kier alpha value is -1.56. The molecule has 0 aliphatic carbocycles. The Morgan fingerprint density at radius 1 is 1.26 bits per heavy atom. The molecule has 1 aromatic carbocycles. The van der Waals surface area contributed by atoms with E-state index in [1.165, 1.54) is 18.2 Å². The molecule has 0 aliphatic heterocycles. The fraction of sp³-hybridized carbons (Fsp3) is 0.154. The fourth-order valence-electron chi connectivity index (χ4n) is 1.64. The van der Waals surface area contributed by atoms with Gasteiger partial charge in [0.25, 0.3) is 0 Å².